The highest BCUT2D eigenvalue weighted by molar-refractivity contribution is 6.30. The number of rotatable bonds is 2. The van der Waals surface area contributed by atoms with E-state index >= 15 is 0 Å². The van der Waals surface area contributed by atoms with Gasteiger partial charge in [0.25, 0.3) is 0 Å². The first kappa shape index (κ1) is 13.0. The fourth-order valence-corrected chi connectivity index (χ4v) is 2.12. The van der Waals surface area contributed by atoms with Gasteiger partial charge in [-0.25, -0.2) is 14.7 Å². The van der Waals surface area contributed by atoms with E-state index < -0.39 is 0 Å². The Hall–Kier alpha value is -2.05. The smallest absolute Gasteiger partial charge is 0.225 e. The van der Waals surface area contributed by atoms with E-state index in [1.165, 1.54) is 0 Å². The summed E-state index contributed by atoms with van der Waals surface area (Å²) in [5, 5.41) is 13.0. The number of fused-ring (bicyclic) bond motifs is 1. The van der Waals surface area contributed by atoms with Crippen LogP contribution < -0.4 is 16.2 Å². The maximum absolute atomic E-state index is 9.21. The van der Waals surface area contributed by atoms with Gasteiger partial charge < -0.3 is 10.4 Å². The first-order valence-corrected chi connectivity index (χ1v) is 6.58. The van der Waals surface area contributed by atoms with Crippen molar-refractivity contribution in [1.29, 1.82) is 0 Å². The Kier molecular flexibility index (Phi) is 3.33. The molecule has 0 aliphatic carbocycles. The van der Waals surface area contributed by atoms with E-state index in [4.69, 9.17) is 11.6 Å². The highest BCUT2D eigenvalue weighted by atomic mass is 35.5. The Bertz CT molecular complexity index is 695. The number of benzene rings is 1. The van der Waals surface area contributed by atoms with Crippen molar-refractivity contribution in [3.63, 3.8) is 0 Å². The predicted octanol–water partition coefficient (Wildman–Crippen LogP) is 1.36. The lowest BCUT2D eigenvalue weighted by Crippen LogP contribution is -2.33. The zero-order chi connectivity index (χ0) is 14.1. The van der Waals surface area contributed by atoms with Crippen LogP contribution in [0.4, 0.5) is 11.6 Å². The summed E-state index contributed by atoms with van der Waals surface area (Å²) in [4.78, 5) is 8.93. The monoisotopic (exact) mass is 291 g/mol. The van der Waals surface area contributed by atoms with Crippen LogP contribution in [0.2, 0.25) is 5.02 Å². The Morgan fingerprint density at radius 2 is 2.15 bits per heavy atom. The molecule has 20 heavy (non-hydrogen) atoms. The van der Waals surface area contributed by atoms with Crippen molar-refractivity contribution >= 4 is 23.2 Å². The average molecular weight is 292 g/mol. The van der Waals surface area contributed by atoms with Gasteiger partial charge in [0.1, 0.15) is 6.17 Å². The van der Waals surface area contributed by atoms with Crippen LogP contribution in [0.25, 0.3) is 0 Å². The molecule has 0 saturated carbocycles. The second-order valence-corrected chi connectivity index (χ2v) is 4.95. The lowest BCUT2D eigenvalue weighted by molar-refractivity contribution is 0.282. The molecule has 0 bridgehead atoms. The molecule has 0 saturated heterocycles. The standard InChI is InChI=1S/C13H14ClN5O/c1-8-6-12(16-10-4-2-9(14)3-5-10)19-13(15-8)17-11(7-20)18-19/h2-6,11,18,20H,7H2,1H3,(H,15,17). The van der Waals surface area contributed by atoms with Gasteiger partial charge in [0.2, 0.25) is 5.95 Å². The summed E-state index contributed by atoms with van der Waals surface area (Å²) in [6.07, 6.45) is -0.261. The summed E-state index contributed by atoms with van der Waals surface area (Å²) >= 11 is 5.86. The van der Waals surface area contributed by atoms with Crippen LogP contribution in [0.3, 0.4) is 0 Å². The fourth-order valence-electron chi connectivity index (χ4n) is 1.99. The molecular formula is C13H14ClN5O. The van der Waals surface area contributed by atoms with Crippen molar-refractivity contribution in [2.45, 2.75) is 13.1 Å². The summed E-state index contributed by atoms with van der Waals surface area (Å²) in [7, 11) is 0. The fraction of sp³-hybridized carbons (Fsp3) is 0.231. The Labute approximate surface area is 120 Å². The number of nitrogens with one attached hydrogen (secondary N) is 2. The molecule has 0 spiro atoms. The number of halogens is 1. The zero-order valence-corrected chi connectivity index (χ0v) is 11.6. The minimum absolute atomic E-state index is 0.0389. The van der Waals surface area contributed by atoms with Crippen LogP contribution in [0, 0.1) is 6.92 Å². The molecule has 0 amide bonds. The van der Waals surface area contributed by atoms with Gasteiger partial charge in [0.15, 0.2) is 5.49 Å². The van der Waals surface area contributed by atoms with Gasteiger partial charge in [-0.1, -0.05) is 11.6 Å². The van der Waals surface area contributed by atoms with E-state index in [-0.39, 0.29) is 12.8 Å². The van der Waals surface area contributed by atoms with Crippen molar-refractivity contribution < 1.29 is 5.11 Å². The molecule has 7 heteroatoms. The molecule has 1 aromatic heterocycles. The first-order chi connectivity index (χ1) is 9.65. The summed E-state index contributed by atoms with van der Waals surface area (Å²) in [6.45, 7) is 1.86. The molecule has 1 aromatic carbocycles. The molecule has 0 fully saturated rings. The Balaban J connectivity index is 2.08. The number of aryl methyl sites for hydroxylation is 1. The minimum Gasteiger partial charge on any atom is -0.392 e. The van der Waals surface area contributed by atoms with E-state index in [0.717, 1.165) is 11.4 Å². The molecule has 2 aromatic rings. The molecule has 104 valence electrons. The number of hydrogen-bond acceptors (Lipinski definition) is 5. The molecule has 3 N–H and O–H groups in total. The van der Waals surface area contributed by atoms with E-state index in [9.17, 15) is 5.11 Å². The third-order valence-electron chi connectivity index (χ3n) is 2.90. The molecule has 1 unspecified atom stereocenters. The first-order valence-electron chi connectivity index (χ1n) is 6.20. The topological polar surface area (TPSA) is 74.5 Å². The molecule has 1 atom stereocenters. The molecular weight excluding hydrogens is 278 g/mol. The Morgan fingerprint density at radius 3 is 2.85 bits per heavy atom. The Morgan fingerprint density at radius 1 is 1.40 bits per heavy atom. The SMILES string of the molecule is Cc1cc(=Nc2ccc(Cl)cc2)n2c(n1)NC(CO)N2. The summed E-state index contributed by atoms with van der Waals surface area (Å²) in [5.74, 6) is 0.636. The van der Waals surface area contributed by atoms with E-state index in [0.29, 0.717) is 16.5 Å². The van der Waals surface area contributed by atoms with Crippen molar-refractivity contribution in [1.82, 2.24) is 9.66 Å². The molecule has 1 aliphatic rings. The van der Waals surface area contributed by atoms with Crippen LogP contribution >= 0.6 is 11.6 Å². The van der Waals surface area contributed by atoms with Crippen molar-refractivity contribution in [2.75, 3.05) is 17.3 Å². The number of aromatic nitrogens is 2. The van der Waals surface area contributed by atoms with Gasteiger partial charge in [-0.3, -0.25) is 5.43 Å². The van der Waals surface area contributed by atoms with Gasteiger partial charge in [0, 0.05) is 16.8 Å². The summed E-state index contributed by atoms with van der Waals surface area (Å²) < 4.78 is 1.72. The van der Waals surface area contributed by atoms with E-state index in [1.54, 1.807) is 16.8 Å². The molecule has 3 rings (SSSR count). The lowest BCUT2D eigenvalue weighted by atomic mass is 10.3. The maximum Gasteiger partial charge on any atom is 0.225 e. The number of nitrogens with zero attached hydrogens (tertiary/aromatic N) is 3. The molecule has 1 aliphatic heterocycles. The van der Waals surface area contributed by atoms with Gasteiger partial charge in [-0.15, -0.1) is 0 Å². The minimum atomic E-state index is -0.261. The molecule has 2 heterocycles. The summed E-state index contributed by atoms with van der Waals surface area (Å²) in [5.41, 5.74) is 5.43. The van der Waals surface area contributed by atoms with Gasteiger partial charge in [0.05, 0.1) is 12.3 Å². The third-order valence-corrected chi connectivity index (χ3v) is 3.15. The van der Waals surface area contributed by atoms with Crippen molar-refractivity contribution in [2.24, 2.45) is 4.99 Å². The van der Waals surface area contributed by atoms with E-state index in [1.807, 2.05) is 25.1 Å². The quantitative estimate of drug-likeness (QED) is 0.781. The number of hydrogen-bond donors (Lipinski definition) is 3. The molecule has 6 nitrogen and oxygen atoms in total. The van der Waals surface area contributed by atoms with Gasteiger partial charge >= 0.3 is 0 Å². The van der Waals surface area contributed by atoms with Crippen LogP contribution in [0.15, 0.2) is 35.3 Å². The van der Waals surface area contributed by atoms with Crippen LogP contribution in [-0.4, -0.2) is 27.5 Å². The lowest BCUT2D eigenvalue weighted by Gasteiger charge is -2.07. The average Bonchev–Trinajstić information content (AvgIpc) is 2.84. The normalized spacial score (nSPS) is 17.6. The second-order valence-electron chi connectivity index (χ2n) is 4.51. The summed E-state index contributed by atoms with van der Waals surface area (Å²) in [6, 6.07) is 9.14. The predicted molar refractivity (Wildman–Crippen MR) is 77.5 cm³/mol. The number of aliphatic hydroxyl groups excluding tert-OH is 1. The van der Waals surface area contributed by atoms with Crippen molar-refractivity contribution in [3.05, 3.63) is 46.5 Å². The van der Waals surface area contributed by atoms with Gasteiger partial charge in [-0.05, 0) is 31.2 Å². The van der Waals surface area contributed by atoms with Crippen LogP contribution in [0.1, 0.15) is 5.69 Å². The van der Waals surface area contributed by atoms with Crippen LogP contribution in [-0.2, 0) is 0 Å². The van der Waals surface area contributed by atoms with Crippen LogP contribution in [0.5, 0.6) is 0 Å². The molecule has 0 radical (unpaired) electrons. The van der Waals surface area contributed by atoms with E-state index in [2.05, 4.69) is 20.7 Å². The highest BCUT2D eigenvalue weighted by Gasteiger charge is 2.19. The third kappa shape index (κ3) is 2.48. The maximum atomic E-state index is 9.21. The van der Waals surface area contributed by atoms with Crippen molar-refractivity contribution in [3.8, 4) is 0 Å². The number of aliphatic hydroxyl groups is 1. The van der Waals surface area contributed by atoms with Gasteiger partial charge in [-0.2, -0.15) is 0 Å². The zero-order valence-electron chi connectivity index (χ0n) is 10.8. The number of anilines is 1. The second kappa shape index (κ2) is 5.15. The highest BCUT2D eigenvalue weighted by Crippen LogP contribution is 2.16. The largest absolute Gasteiger partial charge is 0.392 e.